The van der Waals surface area contributed by atoms with E-state index in [1.165, 1.54) is 5.56 Å². The van der Waals surface area contributed by atoms with Gasteiger partial charge < -0.3 is 19.5 Å². The highest BCUT2D eigenvalue weighted by atomic mass is 16.5. The fraction of sp³-hybridized carbons (Fsp3) is 0.667. The molecule has 2 atom stereocenters. The average molecular weight is 307 g/mol. The largest absolute Gasteiger partial charge is 0.490 e. The Morgan fingerprint density at radius 3 is 2.77 bits per heavy atom. The highest BCUT2D eigenvalue weighted by Crippen LogP contribution is 2.30. The van der Waals surface area contributed by atoms with Gasteiger partial charge in [-0.2, -0.15) is 0 Å². The van der Waals surface area contributed by atoms with E-state index in [1.54, 1.807) is 0 Å². The molecule has 4 nitrogen and oxygen atoms in total. The average Bonchev–Trinajstić information content (AvgIpc) is 2.50. The zero-order valence-corrected chi connectivity index (χ0v) is 14.0. The van der Waals surface area contributed by atoms with Crippen molar-refractivity contribution >= 4 is 0 Å². The molecule has 124 valence electrons. The lowest BCUT2D eigenvalue weighted by atomic mass is 9.89. The topological polar surface area (TPSA) is 41.9 Å². The molecule has 4 heteroatoms. The van der Waals surface area contributed by atoms with Gasteiger partial charge in [-0.1, -0.05) is 13.0 Å². The van der Waals surface area contributed by atoms with Crippen molar-refractivity contribution in [3.05, 3.63) is 23.8 Å². The van der Waals surface area contributed by atoms with Crippen LogP contribution < -0.4 is 9.47 Å². The first-order chi connectivity index (χ1) is 10.6. The molecule has 1 aromatic carbocycles. The van der Waals surface area contributed by atoms with Crippen LogP contribution in [0.2, 0.25) is 0 Å². The summed E-state index contributed by atoms with van der Waals surface area (Å²) in [7, 11) is 2.12. The highest BCUT2D eigenvalue weighted by Gasteiger charge is 2.26. The third kappa shape index (κ3) is 4.62. The molecule has 1 fully saturated rings. The Labute approximate surface area is 134 Å². The minimum atomic E-state index is -0.206. The van der Waals surface area contributed by atoms with E-state index in [-0.39, 0.29) is 12.0 Å². The summed E-state index contributed by atoms with van der Waals surface area (Å²) in [6, 6.07) is 6.15. The second-order valence-corrected chi connectivity index (χ2v) is 6.15. The number of hydrogen-bond acceptors (Lipinski definition) is 4. The molecule has 0 radical (unpaired) electrons. The Balaban J connectivity index is 2.08. The normalized spacial score (nSPS) is 22.5. The lowest BCUT2D eigenvalue weighted by molar-refractivity contribution is 0.0366. The van der Waals surface area contributed by atoms with Crippen LogP contribution in [0.4, 0.5) is 0 Å². The van der Waals surface area contributed by atoms with E-state index in [0.717, 1.165) is 43.9 Å². The Bertz CT molecular complexity index is 464. The van der Waals surface area contributed by atoms with E-state index in [1.807, 2.05) is 13.0 Å². The lowest BCUT2D eigenvalue weighted by Gasteiger charge is -2.34. The summed E-state index contributed by atoms with van der Waals surface area (Å²) in [6.45, 7) is 7.32. The van der Waals surface area contributed by atoms with Crippen LogP contribution in [0, 0.1) is 5.92 Å². The summed E-state index contributed by atoms with van der Waals surface area (Å²) in [5.74, 6) is 1.91. The molecule has 2 unspecified atom stereocenters. The number of likely N-dealkylation sites (tertiary alicyclic amines) is 1. The smallest absolute Gasteiger partial charge is 0.161 e. The molecule has 0 aliphatic carbocycles. The molecule has 2 rings (SSSR count). The fourth-order valence-corrected chi connectivity index (χ4v) is 2.98. The van der Waals surface area contributed by atoms with Crippen molar-refractivity contribution in [3.8, 4) is 11.5 Å². The number of aliphatic hydroxyl groups is 1. The highest BCUT2D eigenvalue weighted by molar-refractivity contribution is 5.43. The van der Waals surface area contributed by atoms with E-state index in [0.29, 0.717) is 13.2 Å². The predicted molar refractivity (Wildman–Crippen MR) is 88.7 cm³/mol. The third-order valence-electron chi connectivity index (χ3n) is 4.16. The number of piperidine rings is 1. The molecule has 0 spiro atoms. The molecule has 1 aliphatic rings. The van der Waals surface area contributed by atoms with Crippen LogP contribution >= 0.6 is 0 Å². The molecule has 0 bridgehead atoms. The number of nitrogens with zero attached hydrogens (tertiary/aromatic N) is 1. The molecule has 0 saturated carbocycles. The van der Waals surface area contributed by atoms with E-state index < -0.39 is 0 Å². The molecule has 1 heterocycles. The summed E-state index contributed by atoms with van der Waals surface area (Å²) in [6.07, 6.45) is 2.51. The van der Waals surface area contributed by atoms with Crippen LogP contribution in [-0.2, 0) is 6.42 Å². The summed E-state index contributed by atoms with van der Waals surface area (Å²) in [4.78, 5) is 2.29. The van der Waals surface area contributed by atoms with Crippen molar-refractivity contribution in [2.45, 2.75) is 39.2 Å². The van der Waals surface area contributed by atoms with Crippen LogP contribution in [0.15, 0.2) is 18.2 Å². The summed E-state index contributed by atoms with van der Waals surface area (Å²) >= 11 is 0. The van der Waals surface area contributed by atoms with Gasteiger partial charge in [0.2, 0.25) is 0 Å². The zero-order valence-electron chi connectivity index (χ0n) is 14.0. The number of benzene rings is 1. The summed E-state index contributed by atoms with van der Waals surface area (Å²) in [5, 5.41) is 10.2. The molecular weight excluding hydrogens is 278 g/mol. The first-order valence-electron chi connectivity index (χ1n) is 8.39. The lowest BCUT2D eigenvalue weighted by Crippen LogP contribution is -2.41. The zero-order chi connectivity index (χ0) is 15.9. The summed E-state index contributed by atoms with van der Waals surface area (Å²) in [5.41, 5.74) is 1.20. The molecule has 1 saturated heterocycles. The first-order valence-corrected chi connectivity index (χ1v) is 8.39. The van der Waals surface area contributed by atoms with Crippen molar-refractivity contribution in [1.82, 2.24) is 4.90 Å². The van der Waals surface area contributed by atoms with E-state index in [4.69, 9.17) is 9.47 Å². The van der Waals surface area contributed by atoms with Crippen LogP contribution in [0.5, 0.6) is 11.5 Å². The molecule has 1 aromatic rings. The van der Waals surface area contributed by atoms with Crippen LogP contribution in [0.1, 0.15) is 32.3 Å². The van der Waals surface area contributed by atoms with E-state index in [9.17, 15) is 5.11 Å². The summed E-state index contributed by atoms with van der Waals surface area (Å²) < 4.78 is 11.5. The second-order valence-electron chi connectivity index (χ2n) is 6.15. The van der Waals surface area contributed by atoms with Crippen LogP contribution in [-0.4, -0.2) is 49.5 Å². The van der Waals surface area contributed by atoms with Gasteiger partial charge in [-0.15, -0.1) is 0 Å². The van der Waals surface area contributed by atoms with Gasteiger partial charge in [-0.05, 0) is 50.9 Å². The van der Waals surface area contributed by atoms with Crippen molar-refractivity contribution in [2.24, 2.45) is 5.92 Å². The van der Waals surface area contributed by atoms with Gasteiger partial charge >= 0.3 is 0 Å². The Kier molecular flexibility index (Phi) is 6.52. The monoisotopic (exact) mass is 307 g/mol. The number of aliphatic hydroxyl groups excluding tert-OH is 1. The van der Waals surface area contributed by atoms with Crippen molar-refractivity contribution < 1.29 is 14.6 Å². The van der Waals surface area contributed by atoms with Crippen LogP contribution in [0.25, 0.3) is 0 Å². The van der Waals surface area contributed by atoms with Gasteiger partial charge in [-0.3, -0.25) is 0 Å². The molecule has 0 aromatic heterocycles. The molecule has 0 amide bonds. The van der Waals surface area contributed by atoms with Crippen molar-refractivity contribution in [2.75, 3.05) is 33.4 Å². The van der Waals surface area contributed by atoms with Gasteiger partial charge in [0, 0.05) is 19.0 Å². The fourth-order valence-electron chi connectivity index (χ4n) is 2.98. The van der Waals surface area contributed by atoms with Crippen molar-refractivity contribution in [1.29, 1.82) is 0 Å². The Hall–Kier alpha value is -1.26. The van der Waals surface area contributed by atoms with Gasteiger partial charge in [0.05, 0.1) is 19.3 Å². The third-order valence-corrected chi connectivity index (χ3v) is 4.16. The van der Waals surface area contributed by atoms with E-state index in [2.05, 4.69) is 31.0 Å². The van der Waals surface area contributed by atoms with Gasteiger partial charge in [-0.25, -0.2) is 0 Å². The van der Waals surface area contributed by atoms with Crippen molar-refractivity contribution in [3.63, 3.8) is 0 Å². The molecular formula is C18H29NO3. The number of ether oxygens (including phenoxy) is 2. The minimum Gasteiger partial charge on any atom is -0.490 e. The first kappa shape index (κ1) is 17.1. The van der Waals surface area contributed by atoms with Gasteiger partial charge in [0.15, 0.2) is 11.5 Å². The SMILES string of the molecule is CCCOc1ccc(CC2CN(C)CCC2O)cc1OCC. The van der Waals surface area contributed by atoms with E-state index >= 15 is 0 Å². The minimum absolute atomic E-state index is 0.206. The molecule has 22 heavy (non-hydrogen) atoms. The molecule has 1 N–H and O–H groups in total. The number of rotatable bonds is 7. The maximum absolute atomic E-state index is 10.2. The van der Waals surface area contributed by atoms with Gasteiger partial charge in [0.1, 0.15) is 0 Å². The second kappa shape index (κ2) is 8.39. The van der Waals surface area contributed by atoms with Crippen LogP contribution in [0.3, 0.4) is 0 Å². The number of hydrogen-bond donors (Lipinski definition) is 1. The quantitative estimate of drug-likeness (QED) is 0.841. The predicted octanol–water partition coefficient (Wildman–Crippen LogP) is 2.73. The standard InChI is InChI=1S/C18H29NO3/c1-4-10-22-17-7-6-14(12-18(17)21-5-2)11-15-13-19(3)9-8-16(15)20/h6-7,12,15-16,20H,4-5,8-11,13H2,1-3H3. The maximum atomic E-state index is 10.2. The Morgan fingerprint density at radius 2 is 2.05 bits per heavy atom. The Morgan fingerprint density at radius 1 is 1.23 bits per heavy atom. The molecule has 1 aliphatic heterocycles. The van der Waals surface area contributed by atoms with Gasteiger partial charge in [0.25, 0.3) is 0 Å². The maximum Gasteiger partial charge on any atom is 0.161 e.